The molecule has 2 aliphatic rings. The molecule has 2 fully saturated rings. The minimum Gasteiger partial charge on any atom is -0.411 e. The van der Waals surface area contributed by atoms with Crippen LogP contribution in [0.5, 0.6) is 0 Å². The van der Waals surface area contributed by atoms with Crippen molar-refractivity contribution in [2.45, 2.75) is 61.3 Å². The number of rotatable bonds is 7. The van der Waals surface area contributed by atoms with E-state index in [1.165, 1.54) is 9.80 Å². The maximum absolute atomic E-state index is 10.4. The van der Waals surface area contributed by atoms with Crippen molar-refractivity contribution in [3.8, 4) is 0 Å². The van der Waals surface area contributed by atoms with Crippen LogP contribution < -0.4 is 59.1 Å². The summed E-state index contributed by atoms with van der Waals surface area (Å²) in [5.41, 5.74) is 0. The van der Waals surface area contributed by atoms with Crippen molar-refractivity contribution in [1.29, 1.82) is 0 Å². The summed E-state index contributed by atoms with van der Waals surface area (Å²) < 4.78 is 10.6. The van der Waals surface area contributed by atoms with Crippen LogP contribution in [-0.2, 0) is 34.7 Å². The van der Waals surface area contributed by atoms with E-state index < -0.39 is 74.5 Å². The van der Waals surface area contributed by atoms with Gasteiger partial charge in [0, 0.05) is 13.1 Å². The van der Waals surface area contributed by atoms with Crippen LogP contribution in [0.25, 0.3) is 0 Å². The second-order valence-corrected chi connectivity index (χ2v) is 9.42. The van der Waals surface area contributed by atoms with Crippen molar-refractivity contribution in [3.05, 3.63) is 0 Å². The molecule has 2 rings (SSSR count). The number of hydrogen-bond acceptors (Lipinski definition) is 14. The first kappa shape index (κ1) is 35.8. The summed E-state index contributed by atoms with van der Waals surface area (Å²) in [6.45, 7) is -1.55. The average Bonchev–Trinajstić information content (AvgIpc) is 2.75. The molecule has 18 heteroatoms. The maximum Gasteiger partial charge on any atom is 1.00 e. The standard InChI is InChI=1S/C16H28N2O10S4.2Na/c19-3-5-7(21)9(23)11(25)13(27-5)17(15(29)30)1-2-18(16(31)32)14-12(26)10(24)8(22)6(4-20)28-14;;/h5-14,19-26H,1-4H2,(H,29,30)(H,31,32);;/q;2*+1/p-2/t5-,6+,7-,8+,9+,10-,11-,12+,13-,14+;;. The second kappa shape index (κ2) is 16.0. The first-order chi connectivity index (χ1) is 15.0. The Morgan fingerprint density at radius 1 is 0.618 bits per heavy atom. The van der Waals surface area contributed by atoms with Crippen LogP contribution in [0.4, 0.5) is 0 Å². The summed E-state index contributed by atoms with van der Waals surface area (Å²) in [4.78, 5) is 2.38. The van der Waals surface area contributed by atoms with E-state index in [0.29, 0.717) is 0 Å². The molecule has 8 N–H and O–H groups in total. The van der Waals surface area contributed by atoms with Gasteiger partial charge in [-0.3, -0.25) is 0 Å². The van der Waals surface area contributed by atoms with Crippen LogP contribution in [0.3, 0.4) is 0 Å². The van der Waals surface area contributed by atoms with Gasteiger partial charge < -0.3 is 110 Å². The molecule has 0 aromatic heterocycles. The van der Waals surface area contributed by atoms with Crippen molar-refractivity contribution in [1.82, 2.24) is 9.80 Å². The summed E-state index contributed by atoms with van der Waals surface area (Å²) in [5, 5.41) is 79.5. The fraction of sp³-hybridized carbons (Fsp3) is 0.875. The molecule has 0 aromatic carbocycles. The van der Waals surface area contributed by atoms with Crippen molar-refractivity contribution < 1.29 is 109 Å². The largest absolute Gasteiger partial charge is 1.00 e. The third kappa shape index (κ3) is 8.16. The molecule has 2 saturated heterocycles. The number of hydrogen-bond donors (Lipinski definition) is 8. The smallest absolute Gasteiger partial charge is 0.411 e. The van der Waals surface area contributed by atoms with E-state index in [0.717, 1.165) is 0 Å². The number of aliphatic hydroxyl groups excluding tert-OH is 8. The van der Waals surface area contributed by atoms with Crippen LogP contribution in [0.2, 0.25) is 0 Å². The van der Waals surface area contributed by atoms with Crippen LogP contribution >= 0.6 is 24.4 Å². The van der Waals surface area contributed by atoms with Crippen molar-refractivity contribution >= 4 is 58.3 Å². The molecular weight excluding hydrogens is 554 g/mol. The zero-order valence-corrected chi connectivity index (χ0v) is 25.8. The number of aliphatic hydroxyl groups is 8. The van der Waals surface area contributed by atoms with Gasteiger partial charge in [-0.15, -0.1) is 0 Å². The molecule has 0 saturated carbocycles. The Morgan fingerprint density at radius 3 is 1.15 bits per heavy atom. The zero-order valence-electron chi connectivity index (χ0n) is 18.5. The SMILES string of the molecule is OC[C@@H]1O[C@H](N(CCN(C(=S)[S-])[C@@H]2O[C@H](CO)[C@@H](O)[C@H](O)[C@H]2O)C(=S)[S-])[C@@H](O)[C@H](O)[C@H]1O.[Na+].[Na+]. The van der Waals surface area contributed by atoms with Gasteiger partial charge in [0.2, 0.25) is 0 Å². The topological polar surface area (TPSA) is 187 Å². The quantitative estimate of drug-likeness (QED) is 0.0805. The average molecular weight is 581 g/mol. The van der Waals surface area contributed by atoms with Crippen LogP contribution in [0, 0.1) is 0 Å². The van der Waals surface area contributed by atoms with Gasteiger partial charge in [-0.2, -0.15) is 0 Å². The summed E-state index contributed by atoms with van der Waals surface area (Å²) in [6, 6.07) is 0. The minimum atomic E-state index is -1.65. The molecule has 10 atom stereocenters. The Labute approximate surface area is 262 Å². The minimum absolute atomic E-state index is 0. The van der Waals surface area contributed by atoms with E-state index in [9.17, 15) is 40.9 Å². The van der Waals surface area contributed by atoms with E-state index in [1.807, 2.05) is 0 Å². The van der Waals surface area contributed by atoms with Gasteiger partial charge in [0.1, 0.15) is 48.8 Å². The van der Waals surface area contributed by atoms with Crippen molar-refractivity contribution in [2.24, 2.45) is 0 Å². The fourth-order valence-corrected chi connectivity index (χ4v) is 4.32. The first-order valence-electron chi connectivity index (χ1n) is 9.52. The summed E-state index contributed by atoms with van der Waals surface area (Å²) >= 11 is 20.2. The van der Waals surface area contributed by atoms with Crippen molar-refractivity contribution in [3.63, 3.8) is 0 Å². The van der Waals surface area contributed by atoms with Crippen LogP contribution in [0.15, 0.2) is 0 Å². The Hall–Kier alpha value is 1.82. The van der Waals surface area contributed by atoms with E-state index in [-0.39, 0.29) is 80.8 Å². The summed E-state index contributed by atoms with van der Waals surface area (Å²) in [6.07, 6.45) is -14.8. The predicted molar refractivity (Wildman–Crippen MR) is 121 cm³/mol. The fourth-order valence-electron chi connectivity index (χ4n) is 3.54. The monoisotopic (exact) mass is 580 g/mol. The summed E-state index contributed by atoms with van der Waals surface area (Å²) in [5.74, 6) is 0. The first-order valence-corrected chi connectivity index (χ1v) is 11.2. The Bertz CT molecular complexity index is 619. The second-order valence-electron chi connectivity index (χ2n) is 7.36. The van der Waals surface area contributed by atoms with E-state index in [4.69, 9.17) is 59.2 Å². The van der Waals surface area contributed by atoms with Gasteiger partial charge in [-0.25, -0.2) is 0 Å². The molecule has 0 aromatic rings. The van der Waals surface area contributed by atoms with Gasteiger partial charge in [0.15, 0.2) is 12.5 Å². The molecule has 0 amide bonds. The Morgan fingerprint density at radius 2 is 0.912 bits per heavy atom. The molecule has 0 spiro atoms. The molecule has 0 unspecified atom stereocenters. The summed E-state index contributed by atoms with van der Waals surface area (Å²) in [7, 11) is 0. The van der Waals surface area contributed by atoms with Crippen LogP contribution in [0.1, 0.15) is 0 Å². The normalized spacial score (nSPS) is 37.6. The molecule has 0 bridgehead atoms. The van der Waals surface area contributed by atoms with E-state index in [2.05, 4.69) is 0 Å². The van der Waals surface area contributed by atoms with Gasteiger partial charge in [0.25, 0.3) is 0 Å². The Kier molecular flexibility index (Phi) is 16.9. The number of thiocarbonyl (C=S) groups is 2. The predicted octanol–water partition coefficient (Wildman–Crippen LogP) is -11.1. The van der Waals surface area contributed by atoms with Crippen LogP contribution in [-0.4, -0.2) is 147 Å². The van der Waals surface area contributed by atoms with E-state index >= 15 is 0 Å². The third-order valence-corrected chi connectivity index (χ3v) is 6.34. The molecule has 12 nitrogen and oxygen atoms in total. The van der Waals surface area contributed by atoms with Gasteiger partial charge >= 0.3 is 59.1 Å². The molecule has 186 valence electrons. The van der Waals surface area contributed by atoms with Crippen molar-refractivity contribution in [2.75, 3.05) is 26.3 Å². The molecule has 0 radical (unpaired) electrons. The number of nitrogens with zero attached hydrogens (tertiary/aromatic N) is 2. The van der Waals surface area contributed by atoms with Gasteiger partial charge in [-0.1, -0.05) is 8.64 Å². The van der Waals surface area contributed by atoms with E-state index in [1.54, 1.807) is 0 Å². The third-order valence-electron chi connectivity index (χ3n) is 5.40. The zero-order chi connectivity index (χ0) is 24.3. The molecule has 0 aliphatic carbocycles. The van der Waals surface area contributed by atoms with Gasteiger partial charge in [-0.05, 0) is 0 Å². The molecule has 34 heavy (non-hydrogen) atoms. The molecular formula is C16H26N2Na2O10S4. The Balaban J connectivity index is 0.00000544. The number of ether oxygens (including phenoxy) is 2. The molecule has 2 heterocycles. The van der Waals surface area contributed by atoms with Gasteiger partial charge in [0.05, 0.1) is 13.2 Å². The molecule has 2 aliphatic heterocycles. The maximum atomic E-state index is 10.4.